The number of fused-ring (bicyclic) bond motifs is 1. The lowest BCUT2D eigenvalue weighted by Gasteiger charge is -2.30. The van der Waals surface area contributed by atoms with Crippen LogP contribution in [-0.4, -0.2) is 46.4 Å². The van der Waals surface area contributed by atoms with Crippen LogP contribution in [-0.2, 0) is 28.9 Å². The Bertz CT molecular complexity index is 746. The molecule has 0 atom stereocenters. The number of urea groups is 1. The van der Waals surface area contributed by atoms with Crippen LogP contribution in [0.2, 0.25) is 0 Å². The zero-order valence-corrected chi connectivity index (χ0v) is 17.0. The monoisotopic (exact) mass is 404 g/mol. The minimum absolute atomic E-state index is 0.133. The Labute approximate surface area is 169 Å². The summed E-state index contributed by atoms with van der Waals surface area (Å²) in [7, 11) is 0. The molecule has 1 aliphatic heterocycles. The molecule has 8 heteroatoms. The number of nitrogens with one attached hydrogen (secondary N) is 2. The van der Waals surface area contributed by atoms with Gasteiger partial charge in [-0.3, -0.25) is 14.5 Å². The molecule has 28 heavy (non-hydrogen) atoms. The molecule has 7 nitrogen and oxygen atoms in total. The summed E-state index contributed by atoms with van der Waals surface area (Å²) in [5, 5.41) is 6.86. The highest BCUT2D eigenvalue weighted by atomic mass is 32.1. The van der Waals surface area contributed by atoms with Crippen molar-refractivity contribution >= 4 is 29.2 Å². The number of carbonyl (C=O) groups is 3. The van der Waals surface area contributed by atoms with Crippen LogP contribution >= 0.6 is 11.3 Å². The van der Waals surface area contributed by atoms with Gasteiger partial charge in [-0.1, -0.05) is 19.3 Å². The number of aryl methyl sites for hydroxylation is 2. The van der Waals surface area contributed by atoms with E-state index in [1.807, 2.05) is 0 Å². The fourth-order valence-electron chi connectivity index (χ4n) is 4.50. The van der Waals surface area contributed by atoms with Crippen LogP contribution in [0.1, 0.15) is 66.9 Å². The number of imide groups is 1. The molecule has 0 bridgehead atoms. The van der Waals surface area contributed by atoms with Gasteiger partial charge in [0.25, 0.3) is 5.91 Å². The molecule has 3 aliphatic rings. The van der Waals surface area contributed by atoms with Crippen LogP contribution in [0.3, 0.4) is 0 Å². The summed E-state index contributed by atoms with van der Waals surface area (Å²) in [6.07, 6.45) is 9.98. The highest BCUT2D eigenvalue weighted by Crippen LogP contribution is 2.33. The Hall–Kier alpha value is -1.96. The summed E-state index contributed by atoms with van der Waals surface area (Å²) in [5.74, 6) is -0.287. The van der Waals surface area contributed by atoms with Crippen LogP contribution in [0.4, 0.5) is 4.79 Å². The predicted octanol–water partition coefficient (Wildman–Crippen LogP) is 2.33. The Morgan fingerprint density at radius 1 is 1.14 bits per heavy atom. The van der Waals surface area contributed by atoms with E-state index in [1.54, 1.807) is 11.3 Å². The summed E-state index contributed by atoms with van der Waals surface area (Å²) >= 11 is 1.77. The minimum atomic E-state index is -0.713. The largest absolute Gasteiger partial charge is 0.356 e. The fourth-order valence-corrected chi connectivity index (χ4v) is 5.65. The Morgan fingerprint density at radius 3 is 2.71 bits per heavy atom. The van der Waals surface area contributed by atoms with Crippen molar-refractivity contribution in [3.63, 3.8) is 0 Å². The molecule has 2 N–H and O–H groups in total. The van der Waals surface area contributed by atoms with E-state index in [0.29, 0.717) is 19.4 Å². The SMILES string of the molecule is O=C(CCN1C(=O)NC2(CCCCC2)C1=O)NCCc1nc2c(s1)CCCC2. The van der Waals surface area contributed by atoms with Gasteiger partial charge in [0.2, 0.25) is 5.91 Å². The third-order valence-electron chi connectivity index (χ3n) is 6.07. The smallest absolute Gasteiger partial charge is 0.325 e. The van der Waals surface area contributed by atoms with Gasteiger partial charge in [0, 0.05) is 30.8 Å². The van der Waals surface area contributed by atoms with E-state index in [2.05, 4.69) is 15.6 Å². The zero-order valence-electron chi connectivity index (χ0n) is 16.2. The predicted molar refractivity (Wildman–Crippen MR) is 106 cm³/mol. The van der Waals surface area contributed by atoms with Crippen LogP contribution < -0.4 is 10.6 Å². The van der Waals surface area contributed by atoms with Crippen molar-refractivity contribution in [3.8, 4) is 0 Å². The molecule has 2 aliphatic carbocycles. The van der Waals surface area contributed by atoms with E-state index in [4.69, 9.17) is 0 Å². The third-order valence-corrected chi connectivity index (χ3v) is 7.28. The molecule has 4 amide bonds. The topological polar surface area (TPSA) is 91.4 Å². The van der Waals surface area contributed by atoms with E-state index in [0.717, 1.165) is 43.5 Å². The first kappa shape index (κ1) is 19.4. The maximum Gasteiger partial charge on any atom is 0.325 e. The molecule has 0 aromatic carbocycles. The van der Waals surface area contributed by atoms with E-state index in [9.17, 15) is 14.4 Å². The molecule has 1 aromatic heterocycles. The van der Waals surface area contributed by atoms with Gasteiger partial charge < -0.3 is 10.6 Å². The first-order valence-electron chi connectivity index (χ1n) is 10.5. The molecule has 1 aromatic rings. The molecular weight excluding hydrogens is 376 g/mol. The molecular formula is C20H28N4O3S. The number of hydrogen-bond donors (Lipinski definition) is 2. The number of carbonyl (C=O) groups excluding carboxylic acids is 3. The molecule has 1 saturated heterocycles. The number of rotatable bonds is 6. The van der Waals surface area contributed by atoms with Gasteiger partial charge in [-0.2, -0.15) is 0 Å². The first-order valence-corrected chi connectivity index (χ1v) is 11.3. The van der Waals surface area contributed by atoms with E-state index < -0.39 is 5.54 Å². The van der Waals surface area contributed by atoms with Crippen molar-refractivity contribution in [2.45, 2.75) is 76.2 Å². The van der Waals surface area contributed by atoms with Gasteiger partial charge in [-0.05, 0) is 38.5 Å². The third kappa shape index (κ3) is 3.92. The second-order valence-electron chi connectivity index (χ2n) is 8.06. The average molecular weight is 405 g/mol. The fraction of sp³-hybridized carbons (Fsp3) is 0.700. The number of nitrogens with zero attached hydrogens (tertiary/aromatic N) is 2. The van der Waals surface area contributed by atoms with Crippen LogP contribution in [0, 0.1) is 0 Å². The summed E-state index contributed by atoms with van der Waals surface area (Å²) in [6, 6.07) is -0.354. The quantitative estimate of drug-likeness (QED) is 0.712. The molecule has 2 fully saturated rings. The van der Waals surface area contributed by atoms with Gasteiger partial charge in [0.05, 0.1) is 10.7 Å². The molecule has 0 radical (unpaired) electrons. The van der Waals surface area contributed by atoms with Crippen molar-refractivity contribution < 1.29 is 14.4 Å². The van der Waals surface area contributed by atoms with Gasteiger partial charge in [-0.25, -0.2) is 9.78 Å². The number of thiazole rings is 1. The lowest BCUT2D eigenvalue weighted by atomic mass is 9.82. The lowest BCUT2D eigenvalue weighted by molar-refractivity contribution is -0.132. The molecule has 152 valence electrons. The van der Waals surface area contributed by atoms with Gasteiger partial charge in [0.1, 0.15) is 5.54 Å². The van der Waals surface area contributed by atoms with E-state index in [1.165, 1.54) is 28.3 Å². The minimum Gasteiger partial charge on any atom is -0.356 e. The molecule has 2 heterocycles. The summed E-state index contributed by atoms with van der Waals surface area (Å²) in [6.45, 7) is 0.680. The van der Waals surface area contributed by atoms with Gasteiger partial charge in [0.15, 0.2) is 0 Å². The number of aromatic nitrogens is 1. The zero-order chi connectivity index (χ0) is 19.6. The van der Waals surface area contributed by atoms with Crippen LogP contribution in [0.25, 0.3) is 0 Å². The van der Waals surface area contributed by atoms with Gasteiger partial charge >= 0.3 is 6.03 Å². The van der Waals surface area contributed by atoms with E-state index in [-0.39, 0.29) is 30.8 Å². The molecule has 1 saturated carbocycles. The maximum atomic E-state index is 12.7. The first-order chi connectivity index (χ1) is 13.6. The summed E-state index contributed by atoms with van der Waals surface area (Å²) in [5.41, 5.74) is 0.531. The van der Waals surface area contributed by atoms with E-state index >= 15 is 0 Å². The van der Waals surface area contributed by atoms with Gasteiger partial charge in [-0.15, -0.1) is 11.3 Å². The summed E-state index contributed by atoms with van der Waals surface area (Å²) < 4.78 is 0. The van der Waals surface area contributed by atoms with Crippen molar-refractivity contribution in [1.29, 1.82) is 0 Å². The number of hydrogen-bond acceptors (Lipinski definition) is 5. The molecule has 4 rings (SSSR count). The summed E-state index contributed by atoms with van der Waals surface area (Å²) in [4.78, 5) is 44.4. The van der Waals surface area contributed by atoms with Crippen LogP contribution in [0.5, 0.6) is 0 Å². The van der Waals surface area contributed by atoms with Crippen molar-refractivity contribution in [1.82, 2.24) is 20.5 Å². The van der Waals surface area contributed by atoms with Crippen molar-refractivity contribution in [3.05, 3.63) is 15.6 Å². The Kier molecular flexibility index (Phi) is 5.66. The Morgan fingerprint density at radius 2 is 1.93 bits per heavy atom. The standard InChI is InChI=1S/C20H28N4O3S/c25-16(21-12-8-17-22-14-6-2-3-7-15(14)28-17)9-13-24-18(26)20(23-19(24)27)10-4-1-5-11-20/h1-13H2,(H,21,25)(H,23,27). The maximum absolute atomic E-state index is 12.7. The molecule has 1 spiro atoms. The van der Waals surface area contributed by atoms with Crippen molar-refractivity contribution in [2.75, 3.05) is 13.1 Å². The highest BCUT2D eigenvalue weighted by Gasteiger charge is 2.51. The second-order valence-corrected chi connectivity index (χ2v) is 9.23. The number of amides is 4. The molecule has 0 unspecified atom stereocenters. The van der Waals surface area contributed by atoms with Crippen LogP contribution in [0.15, 0.2) is 0 Å². The van der Waals surface area contributed by atoms with Crippen molar-refractivity contribution in [2.24, 2.45) is 0 Å². The lowest BCUT2D eigenvalue weighted by Crippen LogP contribution is -2.48. The average Bonchev–Trinajstić information content (AvgIpc) is 3.20. The Balaban J connectivity index is 1.22. The second kappa shape index (κ2) is 8.19. The highest BCUT2D eigenvalue weighted by molar-refractivity contribution is 7.11. The normalized spacial score (nSPS) is 20.9.